The van der Waals surface area contributed by atoms with E-state index >= 15 is 0 Å². The number of hydrogen-bond acceptors (Lipinski definition) is 3. The summed E-state index contributed by atoms with van der Waals surface area (Å²) in [7, 11) is 0. The minimum Gasteiger partial charge on any atom is -0.493 e. The molecule has 4 nitrogen and oxygen atoms in total. The van der Waals surface area contributed by atoms with E-state index in [1.807, 2.05) is 32.0 Å². The highest BCUT2D eigenvalue weighted by Crippen LogP contribution is 2.19. The van der Waals surface area contributed by atoms with E-state index < -0.39 is 6.61 Å². The molecule has 26 heavy (non-hydrogen) atoms. The molecule has 0 saturated carbocycles. The third-order valence-corrected chi connectivity index (χ3v) is 3.81. The van der Waals surface area contributed by atoms with Crippen LogP contribution in [0, 0.1) is 13.8 Å². The average Bonchev–Trinajstić information content (AvgIpc) is 2.59. The number of nitrogens with one attached hydrogen (secondary N) is 1. The van der Waals surface area contributed by atoms with E-state index in [9.17, 15) is 13.6 Å². The number of ether oxygens (including phenoxy) is 2. The molecule has 140 valence electrons. The van der Waals surface area contributed by atoms with Crippen LogP contribution in [0.1, 0.15) is 23.1 Å². The third kappa shape index (κ3) is 6.70. The molecule has 0 aliphatic rings. The standard InChI is InChI=1S/C20H23F2NO3/c1-14-3-4-15(2)18(13-14)25-12-10-19(24)23-11-9-16-5-7-17(8-6-16)26-20(21)22/h3-8,13,20H,9-12H2,1-2H3,(H,23,24). The van der Waals surface area contributed by atoms with Crippen molar-refractivity contribution in [3.05, 3.63) is 59.2 Å². The maximum absolute atomic E-state index is 12.1. The molecular weight excluding hydrogens is 340 g/mol. The van der Waals surface area contributed by atoms with Crippen LogP contribution in [0.15, 0.2) is 42.5 Å². The number of halogens is 2. The Kier molecular flexibility index (Phi) is 7.38. The van der Waals surface area contributed by atoms with Crippen LogP contribution in [0.3, 0.4) is 0 Å². The highest BCUT2D eigenvalue weighted by atomic mass is 19.3. The first-order chi connectivity index (χ1) is 12.4. The molecule has 2 aromatic rings. The van der Waals surface area contributed by atoms with E-state index in [1.54, 1.807) is 12.1 Å². The molecule has 0 aromatic heterocycles. The summed E-state index contributed by atoms with van der Waals surface area (Å²) in [6.45, 7) is 1.91. The summed E-state index contributed by atoms with van der Waals surface area (Å²) in [4.78, 5) is 11.9. The highest BCUT2D eigenvalue weighted by molar-refractivity contribution is 5.76. The van der Waals surface area contributed by atoms with Crippen molar-refractivity contribution < 1.29 is 23.0 Å². The van der Waals surface area contributed by atoms with Crippen LogP contribution in [-0.4, -0.2) is 25.7 Å². The monoisotopic (exact) mass is 363 g/mol. The van der Waals surface area contributed by atoms with Crippen molar-refractivity contribution in [1.82, 2.24) is 5.32 Å². The van der Waals surface area contributed by atoms with Crippen molar-refractivity contribution in [1.29, 1.82) is 0 Å². The van der Waals surface area contributed by atoms with Gasteiger partial charge in [0.15, 0.2) is 0 Å². The zero-order chi connectivity index (χ0) is 18.9. The van der Waals surface area contributed by atoms with Crippen molar-refractivity contribution in [2.45, 2.75) is 33.3 Å². The normalized spacial score (nSPS) is 10.7. The quantitative estimate of drug-likeness (QED) is 0.732. The topological polar surface area (TPSA) is 47.6 Å². The van der Waals surface area contributed by atoms with Crippen molar-refractivity contribution in [3.8, 4) is 11.5 Å². The number of benzene rings is 2. The van der Waals surface area contributed by atoms with Gasteiger partial charge in [-0.05, 0) is 55.2 Å². The van der Waals surface area contributed by atoms with E-state index in [1.165, 1.54) is 12.1 Å². The number of alkyl halides is 2. The van der Waals surface area contributed by atoms with Crippen molar-refractivity contribution >= 4 is 5.91 Å². The minimum absolute atomic E-state index is 0.0899. The van der Waals surface area contributed by atoms with Gasteiger partial charge in [-0.1, -0.05) is 24.3 Å². The number of carbonyl (C=O) groups excluding carboxylic acids is 1. The van der Waals surface area contributed by atoms with Crippen molar-refractivity contribution in [2.24, 2.45) is 0 Å². The van der Waals surface area contributed by atoms with Crippen LogP contribution < -0.4 is 14.8 Å². The Hall–Kier alpha value is -2.63. The molecule has 0 aliphatic carbocycles. The number of carbonyl (C=O) groups is 1. The minimum atomic E-state index is -2.83. The number of hydrogen-bond donors (Lipinski definition) is 1. The number of rotatable bonds is 9. The molecule has 6 heteroatoms. The number of aryl methyl sites for hydroxylation is 2. The predicted molar refractivity (Wildman–Crippen MR) is 95.8 cm³/mol. The molecule has 0 atom stereocenters. The Bertz CT molecular complexity index is 717. The molecule has 0 unspecified atom stereocenters. The van der Waals surface area contributed by atoms with Gasteiger partial charge in [-0.15, -0.1) is 0 Å². The largest absolute Gasteiger partial charge is 0.493 e. The second-order valence-corrected chi connectivity index (χ2v) is 5.99. The summed E-state index contributed by atoms with van der Waals surface area (Å²) in [5, 5.41) is 2.82. The van der Waals surface area contributed by atoms with Gasteiger partial charge in [0.1, 0.15) is 11.5 Å². The molecular formula is C20H23F2NO3. The number of amides is 1. The molecule has 1 N–H and O–H groups in total. The van der Waals surface area contributed by atoms with Gasteiger partial charge in [0.25, 0.3) is 0 Å². The Morgan fingerprint density at radius 2 is 1.85 bits per heavy atom. The smallest absolute Gasteiger partial charge is 0.387 e. The molecule has 0 heterocycles. The van der Waals surface area contributed by atoms with E-state index in [0.717, 1.165) is 22.4 Å². The zero-order valence-electron chi connectivity index (χ0n) is 14.9. The van der Waals surface area contributed by atoms with E-state index in [-0.39, 0.29) is 18.1 Å². The fraction of sp³-hybridized carbons (Fsp3) is 0.350. The van der Waals surface area contributed by atoms with Crippen LogP contribution in [0.2, 0.25) is 0 Å². The second kappa shape index (κ2) is 9.75. The van der Waals surface area contributed by atoms with Crippen LogP contribution >= 0.6 is 0 Å². The van der Waals surface area contributed by atoms with E-state index in [4.69, 9.17) is 4.74 Å². The van der Waals surface area contributed by atoms with E-state index in [2.05, 4.69) is 10.1 Å². The second-order valence-electron chi connectivity index (χ2n) is 5.99. The van der Waals surface area contributed by atoms with Crippen LogP contribution in [0.5, 0.6) is 11.5 Å². The SMILES string of the molecule is Cc1ccc(C)c(OCCC(=O)NCCc2ccc(OC(F)F)cc2)c1. The van der Waals surface area contributed by atoms with Crippen LogP contribution in [0.25, 0.3) is 0 Å². The van der Waals surface area contributed by atoms with Gasteiger partial charge < -0.3 is 14.8 Å². The van der Waals surface area contributed by atoms with Gasteiger partial charge in [-0.25, -0.2) is 0 Å². The van der Waals surface area contributed by atoms with Gasteiger partial charge >= 0.3 is 6.61 Å². The van der Waals surface area contributed by atoms with Gasteiger partial charge in [-0.3, -0.25) is 4.79 Å². The molecule has 0 saturated heterocycles. The van der Waals surface area contributed by atoms with Crippen LogP contribution in [-0.2, 0) is 11.2 Å². The fourth-order valence-electron chi connectivity index (χ4n) is 2.39. The maximum Gasteiger partial charge on any atom is 0.387 e. The van der Waals surface area contributed by atoms with Gasteiger partial charge in [-0.2, -0.15) is 8.78 Å². The molecule has 2 aromatic carbocycles. The first-order valence-corrected chi connectivity index (χ1v) is 8.44. The van der Waals surface area contributed by atoms with Crippen LogP contribution in [0.4, 0.5) is 8.78 Å². The summed E-state index contributed by atoms with van der Waals surface area (Å²) < 4.78 is 34.1. The lowest BCUT2D eigenvalue weighted by atomic mass is 10.1. The lowest BCUT2D eigenvalue weighted by Gasteiger charge is -2.10. The molecule has 0 radical (unpaired) electrons. The summed E-state index contributed by atoms with van der Waals surface area (Å²) in [6, 6.07) is 12.3. The molecule has 0 fully saturated rings. The Morgan fingerprint density at radius 3 is 2.54 bits per heavy atom. The van der Waals surface area contributed by atoms with Gasteiger partial charge in [0, 0.05) is 6.54 Å². The summed E-state index contributed by atoms with van der Waals surface area (Å²) in [5.74, 6) is 0.827. The molecule has 1 amide bonds. The van der Waals surface area contributed by atoms with Gasteiger partial charge in [0.05, 0.1) is 13.0 Å². The Morgan fingerprint density at radius 1 is 1.12 bits per heavy atom. The predicted octanol–water partition coefficient (Wildman–Crippen LogP) is 4.03. The van der Waals surface area contributed by atoms with Crippen molar-refractivity contribution in [2.75, 3.05) is 13.2 Å². The summed E-state index contributed by atoms with van der Waals surface area (Å²) >= 11 is 0. The first kappa shape index (κ1) is 19.7. The molecule has 0 bridgehead atoms. The Balaban J connectivity index is 1.66. The van der Waals surface area contributed by atoms with E-state index in [0.29, 0.717) is 19.6 Å². The molecule has 0 aliphatic heterocycles. The lowest BCUT2D eigenvalue weighted by molar-refractivity contribution is -0.121. The maximum atomic E-state index is 12.1. The van der Waals surface area contributed by atoms with Gasteiger partial charge in [0.2, 0.25) is 5.91 Å². The summed E-state index contributed by atoms with van der Waals surface area (Å²) in [5.41, 5.74) is 3.08. The fourth-order valence-corrected chi connectivity index (χ4v) is 2.39. The Labute approximate surface area is 152 Å². The summed E-state index contributed by atoms with van der Waals surface area (Å²) in [6.07, 6.45) is 0.882. The average molecular weight is 363 g/mol. The molecule has 0 spiro atoms. The van der Waals surface area contributed by atoms with Crippen molar-refractivity contribution in [3.63, 3.8) is 0 Å². The third-order valence-electron chi connectivity index (χ3n) is 3.81. The lowest BCUT2D eigenvalue weighted by Crippen LogP contribution is -2.27. The highest BCUT2D eigenvalue weighted by Gasteiger charge is 2.06. The molecule has 2 rings (SSSR count). The zero-order valence-corrected chi connectivity index (χ0v) is 14.9. The first-order valence-electron chi connectivity index (χ1n) is 8.44.